The number of ether oxygens (including phenoxy) is 2. The summed E-state index contributed by atoms with van der Waals surface area (Å²) in [7, 11) is 1.32. The topological polar surface area (TPSA) is 76.1 Å². The maximum Gasteiger partial charge on any atom is 0.407 e. The van der Waals surface area contributed by atoms with E-state index in [2.05, 4.69) is 4.74 Å². The number of piperidine rings is 1. The van der Waals surface area contributed by atoms with Crippen LogP contribution in [0.4, 0.5) is 4.79 Å². The molecule has 0 aliphatic carbocycles. The summed E-state index contributed by atoms with van der Waals surface area (Å²) in [6.45, 7) is 1.21. The Labute approximate surface area is 129 Å². The SMILES string of the molecule is COC(=O)COCC1(c2ccccc2)CCN(C(=O)O)CC1. The number of esters is 1. The highest BCUT2D eigenvalue weighted by Crippen LogP contribution is 2.35. The fourth-order valence-corrected chi connectivity index (χ4v) is 2.82. The van der Waals surface area contributed by atoms with Crippen LogP contribution in [0.15, 0.2) is 30.3 Å². The van der Waals surface area contributed by atoms with Crippen molar-refractivity contribution in [3.8, 4) is 0 Å². The van der Waals surface area contributed by atoms with Crippen LogP contribution >= 0.6 is 0 Å². The number of benzene rings is 1. The van der Waals surface area contributed by atoms with Crippen molar-refractivity contribution >= 4 is 12.1 Å². The molecular formula is C16H21NO5. The number of hydrogen-bond donors (Lipinski definition) is 1. The van der Waals surface area contributed by atoms with E-state index in [0.717, 1.165) is 5.56 Å². The molecular weight excluding hydrogens is 286 g/mol. The first-order chi connectivity index (χ1) is 10.6. The summed E-state index contributed by atoms with van der Waals surface area (Å²) in [6.07, 6.45) is 0.451. The summed E-state index contributed by atoms with van der Waals surface area (Å²) in [4.78, 5) is 23.7. The molecule has 120 valence electrons. The molecule has 1 aliphatic heterocycles. The smallest absolute Gasteiger partial charge is 0.407 e. The molecule has 0 aromatic heterocycles. The van der Waals surface area contributed by atoms with Gasteiger partial charge in [0, 0.05) is 18.5 Å². The van der Waals surface area contributed by atoms with E-state index >= 15 is 0 Å². The maximum atomic E-state index is 11.2. The van der Waals surface area contributed by atoms with Crippen molar-refractivity contribution in [1.29, 1.82) is 0 Å². The Bertz CT molecular complexity index is 509. The normalized spacial score (nSPS) is 17.0. The van der Waals surface area contributed by atoms with Gasteiger partial charge in [0.1, 0.15) is 6.61 Å². The predicted octanol–water partition coefficient (Wildman–Crippen LogP) is 1.89. The molecule has 1 saturated heterocycles. The van der Waals surface area contributed by atoms with Gasteiger partial charge in [0.2, 0.25) is 0 Å². The molecule has 6 nitrogen and oxygen atoms in total. The first kappa shape index (κ1) is 16.3. The zero-order chi connectivity index (χ0) is 16.0. The van der Waals surface area contributed by atoms with Crippen LogP contribution in [0, 0.1) is 0 Å². The van der Waals surface area contributed by atoms with Gasteiger partial charge >= 0.3 is 12.1 Å². The highest BCUT2D eigenvalue weighted by molar-refractivity contribution is 5.70. The molecule has 1 aromatic rings. The van der Waals surface area contributed by atoms with Crippen LogP contribution < -0.4 is 0 Å². The van der Waals surface area contributed by atoms with Gasteiger partial charge in [-0.2, -0.15) is 0 Å². The first-order valence-electron chi connectivity index (χ1n) is 7.25. The lowest BCUT2D eigenvalue weighted by atomic mass is 9.73. The average molecular weight is 307 g/mol. The highest BCUT2D eigenvalue weighted by Gasteiger charge is 2.37. The van der Waals surface area contributed by atoms with Gasteiger partial charge < -0.3 is 19.5 Å². The maximum absolute atomic E-state index is 11.2. The molecule has 1 heterocycles. The number of likely N-dealkylation sites (tertiary alicyclic amines) is 1. The third-order valence-electron chi connectivity index (χ3n) is 4.20. The van der Waals surface area contributed by atoms with Crippen LogP contribution in [0.5, 0.6) is 0 Å². The Kier molecular flexibility index (Phi) is 5.38. The number of carbonyl (C=O) groups is 2. The molecule has 1 aliphatic rings. The van der Waals surface area contributed by atoms with E-state index in [9.17, 15) is 9.59 Å². The minimum absolute atomic E-state index is 0.0896. The lowest BCUT2D eigenvalue weighted by molar-refractivity contribution is -0.146. The molecule has 6 heteroatoms. The van der Waals surface area contributed by atoms with Crippen molar-refractivity contribution in [1.82, 2.24) is 4.90 Å². The largest absolute Gasteiger partial charge is 0.467 e. The van der Waals surface area contributed by atoms with Gasteiger partial charge in [-0.15, -0.1) is 0 Å². The summed E-state index contributed by atoms with van der Waals surface area (Å²) in [5.41, 5.74) is 0.853. The zero-order valence-electron chi connectivity index (χ0n) is 12.7. The van der Waals surface area contributed by atoms with Crippen molar-refractivity contribution in [3.63, 3.8) is 0 Å². The highest BCUT2D eigenvalue weighted by atomic mass is 16.6. The Morgan fingerprint density at radius 2 is 1.86 bits per heavy atom. The molecule has 1 amide bonds. The molecule has 0 saturated carbocycles. The molecule has 0 unspecified atom stereocenters. The third kappa shape index (κ3) is 3.76. The number of methoxy groups -OCH3 is 1. The van der Waals surface area contributed by atoms with E-state index in [1.165, 1.54) is 12.0 Å². The molecule has 22 heavy (non-hydrogen) atoms. The van der Waals surface area contributed by atoms with Gasteiger partial charge in [0.25, 0.3) is 0 Å². The van der Waals surface area contributed by atoms with Gasteiger partial charge in [-0.05, 0) is 18.4 Å². The molecule has 1 N–H and O–H groups in total. The van der Waals surface area contributed by atoms with Crippen molar-refractivity contribution in [2.45, 2.75) is 18.3 Å². The number of hydrogen-bond acceptors (Lipinski definition) is 4. The van der Waals surface area contributed by atoms with E-state index in [1.54, 1.807) is 0 Å². The van der Waals surface area contributed by atoms with Crippen molar-refractivity contribution in [2.75, 3.05) is 33.4 Å². The minimum atomic E-state index is -0.892. The Morgan fingerprint density at radius 3 is 2.41 bits per heavy atom. The quantitative estimate of drug-likeness (QED) is 0.841. The number of amides is 1. The van der Waals surface area contributed by atoms with Gasteiger partial charge in [-0.1, -0.05) is 30.3 Å². The van der Waals surface area contributed by atoms with Gasteiger partial charge in [-0.25, -0.2) is 9.59 Å². The summed E-state index contributed by atoms with van der Waals surface area (Å²) >= 11 is 0. The monoisotopic (exact) mass is 307 g/mol. The second kappa shape index (κ2) is 7.26. The number of carboxylic acid groups (broad SMARTS) is 1. The van der Waals surface area contributed by atoms with E-state index in [4.69, 9.17) is 9.84 Å². The van der Waals surface area contributed by atoms with Gasteiger partial charge in [0.05, 0.1) is 13.7 Å². The fourth-order valence-electron chi connectivity index (χ4n) is 2.82. The zero-order valence-corrected chi connectivity index (χ0v) is 12.7. The average Bonchev–Trinajstić information content (AvgIpc) is 2.56. The van der Waals surface area contributed by atoms with Crippen LogP contribution in [0.25, 0.3) is 0 Å². The van der Waals surface area contributed by atoms with Crippen molar-refractivity contribution < 1.29 is 24.2 Å². The second-order valence-electron chi connectivity index (χ2n) is 5.48. The lowest BCUT2D eigenvalue weighted by Crippen LogP contribution is -2.47. The summed E-state index contributed by atoms with van der Waals surface area (Å²) in [5.74, 6) is -0.411. The predicted molar refractivity (Wildman–Crippen MR) is 79.8 cm³/mol. The Hall–Kier alpha value is -2.08. The second-order valence-corrected chi connectivity index (χ2v) is 5.48. The molecule has 0 radical (unpaired) electrons. The van der Waals surface area contributed by atoms with Crippen LogP contribution in [0.3, 0.4) is 0 Å². The summed E-state index contributed by atoms with van der Waals surface area (Å²) < 4.78 is 10.1. The number of carbonyl (C=O) groups excluding carboxylic acids is 1. The van der Waals surface area contributed by atoms with Crippen LogP contribution in [0.1, 0.15) is 18.4 Å². The fraction of sp³-hybridized carbons (Fsp3) is 0.500. The third-order valence-corrected chi connectivity index (χ3v) is 4.20. The minimum Gasteiger partial charge on any atom is -0.467 e. The molecule has 2 rings (SSSR count). The van der Waals surface area contributed by atoms with Crippen molar-refractivity contribution in [3.05, 3.63) is 35.9 Å². The van der Waals surface area contributed by atoms with Crippen LogP contribution in [0.2, 0.25) is 0 Å². The van der Waals surface area contributed by atoms with E-state index in [0.29, 0.717) is 32.5 Å². The van der Waals surface area contributed by atoms with Gasteiger partial charge in [0.15, 0.2) is 0 Å². The Morgan fingerprint density at radius 1 is 1.23 bits per heavy atom. The molecule has 0 bridgehead atoms. The van der Waals surface area contributed by atoms with Crippen LogP contribution in [-0.2, 0) is 19.7 Å². The molecule has 1 fully saturated rings. The standard InChI is InChI=1S/C16H21NO5/c1-21-14(18)11-22-12-16(13-5-3-2-4-6-13)7-9-17(10-8-16)15(19)20/h2-6H,7-12H2,1H3,(H,19,20). The number of rotatable bonds is 5. The van der Waals surface area contributed by atoms with Crippen LogP contribution in [-0.4, -0.2) is 55.5 Å². The van der Waals surface area contributed by atoms with E-state index < -0.39 is 12.1 Å². The van der Waals surface area contributed by atoms with Gasteiger partial charge in [-0.3, -0.25) is 0 Å². The summed E-state index contributed by atoms with van der Waals surface area (Å²) in [5, 5.41) is 9.09. The molecule has 1 aromatic carbocycles. The Balaban J connectivity index is 2.09. The first-order valence-corrected chi connectivity index (χ1v) is 7.25. The lowest BCUT2D eigenvalue weighted by Gasteiger charge is -2.41. The van der Waals surface area contributed by atoms with E-state index in [1.807, 2.05) is 30.3 Å². The molecule has 0 spiro atoms. The van der Waals surface area contributed by atoms with Crippen molar-refractivity contribution in [2.24, 2.45) is 0 Å². The number of nitrogens with zero attached hydrogens (tertiary/aromatic N) is 1. The molecule has 0 atom stereocenters. The summed E-state index contributed by atoms with van der Waals surface area (Å²) in [6, 6.07) is 9.91. The van der Waals surface area contributed by atoms with E-state index in [-0.39, 0.29) is 12.0 Å².